The summed E-state index contributed by atoms with van der Waals surface area (Å²) in [6, 6.07) is 11.0. The van der Waals surface area contributed by atoms with E-state index in [9.17, 15) is 14.4 Å². The van der Waals surface area contributed by atoms with Gasteiger partial charge in [0.15, 0.2) is 0 Å². The third-order valence-corrected chi connectivity index (χ3v) is 3.34. The number of esters is 1. The molecule has 0 saturated heterocycles. The maximum absolute atomic E-state index is 12.4. The Labute approximate surface area is 144 Å². The third kappa shape index (κ3) is 4.57. The lowest BCUT2D eigenvalue weighted by atomic mass is 10.1. The highest BCUT2D eigenvalue weighted by Crippen LogP contribution is 2.28. The van der Waals surface area contributed by atoms with Crippen LogP contribution in [0.25, 0.3) is 0 Å². The van der Waals surface area contributed by atoms with E-state index in [0.717, 1.165) is 0 Å². The number of benzene rings is 2. The van der Waals surface area contributed by atoms with E-state index < -0.39 is 5.97 Å². The van der Waals surface area contributed by atoms with Crippen molar-refractivity contribution in [2.75, 3.05) is 24.9 Å². The van der Waals surface area contributed by atoms with Gasteiger partial charge >= 0.3 is 5.97 Å². The minimum Gasteiger partial charge on any atom is -0.495 e. The molecule has 0 radical (unpaired) electrons. The first kappa shape index (κ1) is 18.0. The highest BCUT2D eigenvalue weighted by Gasteiger charge is 2.12. The largest absolute Gasteiger partial charge is 0.495 e. The molecule has 2 aromatic carbocycles. The Morgan fingerprint density at radius 1 is 0.880 bits per heavy atom. The van der Waals surface area contributed by atoms with E-state index in [1.54, 1.807) is 18.2 Å². The van der Waals surface area contributed by atoms with Gasteiger partial charge in [-0.15, -0.1) is 0 Å². The summed E-state index contributed by atoms with van der Waals surface area (Å²) in [6.07, 6.45) is 0. The van der Waals surface area contributed by atoms with Gasteiger partial charge in [-0.2, -0.15) is 0 Å². The normalized spacial score (nSPS) is 9.88. The summed E-state index contributed by atoms with van der Waals surface area (Å²) in [5.41, 5.74) is 1.66. The van der Waals surface area contributed by atoms with Crippen molar-refractivity contribution in [1.82, 2.24) is 0 Å². The van der Waals surface area contributed by atoms with Gasteiger partial charge in [-0.25, -0.2) is 4.79 Å². The molecule has 0 unspecified atom stereocenters. The van der Waals surface area contributed by atoms with Crippen LogP contribution >= 0.6 is 0 Å². The molecule has 25 heavy (non-hydrogen) atoms. The van der Waals surface area contributed by atoms with Gasteiger partial charge in [0, 0.05) is 18.2 Å². The molecular weight excluding hydrogens is 324 g/mol. The Hall–Kier alpha value is -3.35. The van der Waals surface area contributed by atoms with Gasteiger partial charge in [0.2, 0.25) is 5.91 Å². The van der Waals surface area contributed by atoms with Crippen LogP contribution in [-0.2, 0) is 9.53 Å². The number of carbonyl (C=O) groups is 3. The van der Waals surface area contributed by atoms with Crippen LogP contribution in [0.15, 0.2) is 42.5 Å². The highest BCUT2D eigenvalue weighted by molar-refractivity contribution is 6.06. The first-order chi connectivity index (χ1) is 11.9. The van der Waals surface area contributed by atoms with E-state index in [-0.39, 0.29) is 11.8 Å². The smallest absolute Gasteiger partial charge is 0.337 e. The quantitative estimate of drug-likeness (QED) is 0.815. The molecule has 0 bridgehead atoms. The molecule has 0 aliphatic heterocycles. The van der Waals surface area contributed by atoms with E-state index >= 15 is 0 Å². The van der Waals surface area contributed by atoms with Gasteiger partial charge < -0.3 is 20.1 Å². The van der Waals surface area contributed by atoms with Gasteiger partial charge in [-0.3, -0.25) is 9.59 Å². The summed E-state index contributed by atoms with van der Waals surface area (Å²) in [6.45, 7) is 1.39. The van der Waals surface area contributed by atoms with Crippen molar-refractivity contribution in [1.29, 1.82) is 0 Å². The maximum Gasteiger partial charge on any atom is 0.337 e. The van der Waals surface area contributed by atoms with Gasteiger partial charge in [0.25, 0.3) is 5.91 Å². The van der Waals surface area contributed by atoms with E-state index in [4.69, 9.17) is 4.74 Å². The predicted molar refractivity (Wildman–Crippen MR) is 93.0 cm³/mol. The van der Waals surface area contributed by atoms with Crippen molar-refractivity contribution in [2.45, 2.75) is 6.92 Å². The number of nitrogens with one attached hydrogen (secondary N) is 2. The van der Waals surface area contributed by atoms with E-state index in [1.165, 1.54) is 45.4 Å². The Morgan fingerprint density at radius 3 is 2.08 bits per heavy atom. The Morgan fingerprint density at radius 2 is 1.52 bits per heavy atom. The minimum atomic E-state index is -0.475. The zero-order valence-corrected chi connectivity index (χ0v) is 14.1. The van der Waals surface area contributed by atoms with Crippen molar-refractivity contribution >= 4 is 29.2 Å². The van der Waals surface area contributed by atoms with Crippen molar-refractivity contribution in [2.24, 2.45) is 0 Å². The third-order valence-electron chi connectivity index (χ3n) is 3.34. The second-order valence-electron chi connectivity index (χ2n) is 5.12. The lowest BCUT2D eigenvalue weighted by Crippen LogP contribution is -2.14. The zero-order valence-electron chi connectivity index (χ0n) is 14.1. The number of ether oxygens (including phenoxy) is 2. The lowest BCUT2D eigenvalue weighted by Gasteiger charge is -2.12. The molecule has 2 amide bonds. The summed E-state index contributed by atoms with van der Waals surface area (Å²) in [4.78, 5) is 35.0. The fraction of sp³-hybridized carbons (Fsp3) is 0.167. The SMILES string of the molecule is COC(=O)c1ccc(C(=O)Nc2cc(NC(C)=O)ccc2OC)cc1. The summed E-state index contributed by atoms with van der Waals surface area (Å²) in [5, 5.41) is 5.36. The van der Waals surface area contributed by atoms with E-state index in [0.29, 0.717) is 28.3 Å². The average Bonchev–Trinajstić information content (AvgIpc) is 2.61. The molecule has 0 spiro atoms. The number of rotatable bonds is 5. The fourth-order valence-corrected chi connectivity index (χ4v) is 2.16. The van der Waals surface area contributed by atoms with Crippen molar-refractivity contribution < 1.29 is 23.9 Å². The topological polar surface area (TPSA) is 93.7 Å². The predicted octanol–water partition coefficient (Wildman–Crippen LogP) is 2.69. The maximum atomic E-state index is 12.4. The molecule has 2 N–H and O–H groups in total. The number of anilines is 2. The molecule has 2 aromatic rings. The standard InChI is InChI=1S/C18H18N2O5/c1-11(21)19-14-8-9-16(24-2)15(10-14)20-17(22)12-4-6-13(7-5-12)18(23)25-3/h4-10H,1-3H3,(H,19,21)(H,20,22). The zero-order chi connectivity index (χ0) is 18.4. The minimum absolute atomic E-state index is 0.221. The molecule has 7 nitrogen and oxygen atoms in total. The van der Waals surface area contributed by atoms with Crippen LogP contribution in [0.2, 0.25) is 0 Å². The van der Waals surface area contributed by atoms with Crippen LogP contribution in [0.4, 0.5) is 11.4 Å². The number of hydrogen-bond acceptors (Lipinski definition) is 5. The van der Waals surface area contributed by atoms with E-state index in [2.05, 4.69) is 15.4 Å². The van der Waals surface area contributed by atoms with Crippen molar-refractivity contribution in [3.05, 3.63) is 53.6 Å². The highest BCUT2D eigenvalue weighted by atomic mass is 16.5. The number of carbonyl (C=O) groups excluding carboxylic acids is 3. The van der Waals surface area contributed by atoms with E-state index in [1.807, 2.05) is 0 Å². The van der Waals surface area contributed by atoms with Gasteiger partial charge in [-0.1, -0.05) is 0 Å². The Kier molecular flexibility index (Phi) is 5.73. The van der Waals surface area contributed by atoms with Crippen molar-refractivity contribution in [3.63, 3.8) is 0 Å². The lowest BCUT2D eigenvalue weighted by molar-refractivity contribution is -0.114. The summed E-state index contributed by atoms with van der Waals surface area (Å²) < 4.78 is 9.84. The average molecular weight is 342 g/mol. The fourth-order valence-electron chi connectivity index (χ4n) is 2.16. The van der Waals surface area contributed by atoms with Gasteiger partial charge in [0.05, 0.1) is 25.5 Å². The van der Waals surface area contributed by atoms with Crippen LogP contribution in [0.1, 0.15) is 27.6 Å². The molecule has 7 heteroatoms. The molecule has 0 aliphatic carbocycles. The van der Waals surface area contributed by atoms with Crippen molar-refractivity contribution in [3.8, 4) is 5.75 Å². The Bertz CT molecular complexity index is 800. The van der Waals surface area contributed by atoms with Crippen LogP contribution in [-0.4, -0.2) is 32.0 Å². The van der Waals surface area contributed by atoms with Gasteiger partial charge in [-0.05, 0) is 42.5 Å². The second kappa shape index (κ2) is 7.96. The van der Waals surface area contributed by atoms with Crippen LogP contribution in [0, 0.1) is 0 Å². The number of methoxy groups -OCH3 is 2. The molecule has 130 valence electrons. The molecule has 0 atom stereocenters. The molecule has 0 saturated carbocycles. The molecule has 0 fully saturated rings. The molecule has 0 aromatic heterocycles. The first-order valence-electron chi connectivity index (χ1n) is 7.40. The van der Waals surface area contributed by atoms with Crippen LogP contribution in [0.3, 0.4) is 0 Å². The monoisotopic (exact) mass is 342 g/mol. The van der Waals surface area contributed by atoms with Gasteiger partial charge in [0.1, 0.15) is 5.75 Å². The summed E-state index contributed by atoms with van der Waals surface area (Å²) in [7, 11) is 2.77. The summed E-state index contributed by atoms with van der Waals surface area (Å²) >= 11 is 0. The molecule has 2 rings (SSSR count). The number of amides is 2. The first-order valence-corrected chi connectivity index (χ1v) is 7.40. The van der Waals surface area contributed by atoms with Crippen LogP contribution in [0.5, 0.6) is 5.75 Å². The van der Waals surface area contributed by atoms with Crippen LogP contribution < -0.4 is 15.4 Å². The molecule has 0 heterocycles. The molecular formula is C18H18N2O5. The molecule has 0 aliphatic rings. The summed E-state index contributed by atoms with van der Waals surface area (Å²) in [5.74, 6) is -0.624. The second-order valence-corrected chi connectivity index (χ2v) is 5.12. The number of hydrogen-bond donors (Lipinski definition) is 2. The Balaban J connectivity index is 2.21.